The minimum atomic E-state index is 0.315. The minimum Gasteiger partial charge on any atom is -0.342 e. The Morgan fingerprint density at radius 2 is 1.81 bits per heavy atom. The van der Waals surface area contributed by atoms with E-state index in [0.29, 0.717) is 11.8 Å². The molecular weight excluding hydrogens is 198 g/mol. The normalized spacial score (nSPS) is 16.1. The third kappa shape index (κ3) is 5.15. The van der Waals surface area contributed by atoms with Crippen molar-refractivity contribution >= 4 is 5.91 Å². The molecule has 0 aromatic carbocycles. The van der Waals surface area contributed by atoms with E-state index in [1.54, 1.807) is 0 Å². The lowest BCUT2D eigenvalue weighted by molar-refractivity contribution is -0.130. The largest absolute Gasteiger partial charge is 0.342 e. The summed E-state index contributed by atoms with van der Waals surface area (Å²) < 4.78 is 0. The number of nitrogens with zero attached hydrogens (tertiary/aromatic N) is 1. The van der Waals surface area contributed by atoms with Gasteiger partial charge < -0.3 is 4.90 Å². The zero-order valence-electron chi connectivity index (χ0n) is 10.5. The molecule has 0 N–H and O–H groups in total. The number of carbonyl (C=O) groups is 1. The second kappa shape index (κ2) is 7.26. The first-order valence-electron chi connectivity index (χ1n) is 6.30. The molecule has 0 bridgehead atoms. The lowest BCUT2D eigenvalue weighted by Gasteiger charge is -2.13. The zero-order valence-corrected chi connectivity index (χ0v) is 10.5. The van der Waals surface area contributed by atoms with Crippen LogP contribution >= 0.6 is 0 Å². The molecule has 0 aliphatic heterocycles. The van der Waals surface area contributed by atoms with Crippen LogP contribution in [-0.2, 0) is 4.79 Å². The molecule has 1 rings (SSSR count). The Morgan fingerprint density at radius 3 is 2.38 bits per heavy atom. The Labute approximate surface area is 99.0 Å². The Balaban J connectivity index is 2.06. The molecule has 1 amide bonds. The van der Waals surface area contributed by atoms with Crippen molar-refractivity contribution in [2.24, 2.45) is 5.92 Å². The molecule has 0 spiro atoms. The Morgan fingerprint density at radius 1 is 1.19 bits per heavy atom. The summed E-state index contributed by atoms with van der Waals surface area (Å²) in [6.45, 7) is 2.90. The predicted octanol–water partition coefficient (Wildman–Crippen LogP) is 3.16. The average Bonchev–Trinajstić information content (AvgIpc) is 3.10. The second-order valence-electron chi connectivity index (χ2n) is 4.42. The van der Waals surface area contributed by atoms with E-state index < -0.39 is 0 Å². The number of amides is 1. The van der Waals surface area contributed by atoms with Crippen molar-refractivity contribution in [3.05, 3.63) is 24.3 Å². The topological polar surface area (TPSA) is 20.3 Å². The van der Waals surface area contributed by atoms with E-state index in [1.807, 2.05) is 11.9 Å². The molecule has 0 saturated heterocycles. The molecule has 0 atom stereocenters. The summed E-state index contributed by atoms with van der Waals surface area (Å²) in [6.07, 6.45) is 14.1. The standard InChI is InChI=1S/C14H23NO/c1-3-4-5-6-7-8-9-12-15(2)14(16)13-10-11-13/h4-5,8-9,13H,3,6-7,10-12H2,1-2H3. The van der Waals surface area contributed by atoms with E-state index in [-0.39, 0.29) is 0 Å². The number of likely N-dealkylation sites (N-methyl/N-ethyl adjacent to an activating group) is 1. The van der Waals surface area contributed by atoms with Crippen LogP contribution in [0.25, 0.3) is 0 Å². The van der Waals surface area contributed by atoms with Crippen LogP contribution in [-0.4, -0.2) is 24.4 Å². The molecule has 0 unspecified atom stereocenters. The van der Waals surface area contributed by atoms with Gasteiger partial charge in [-0.15, -0.1) is 0 Å². The third-order valence-electron chi connectivity index (χ3n) is 2.75. The third-order valence-corrected chi connectivity index (χ3v) is 2.75. The quantitative estimate of drug-likeness (QED) is 0.477. The van der Waals surface area contributed by atoms with E-state index in [2.05, 4.69) is 31.2 Å². The van der Waals surface area contributed by atoms with Crippen molar-refractivity contribution in [2.75, 3.05) is 13.6 Å². The fourth-order valence-electron chi connectivity index (χ4n) is 1.56. The van der Waals surface area contributed by atoms with Gasteiger partial charge in [0.15, 0.2) is 0 Å². The maximum Gasteiger partial charge on any atom is 0.225 e. The Hall–Kier alpha value is -1.05. The van der Waals surface area contributed by atoms with Crippen LogP contribution in [0.1, 0.15) is 39.0 Å². The number of rotatable bonds is 7. The molecule has 2 heteroatoms. The first-order chi connectivity index (χ1) is 7.75. The minimum absolute atomic E-state index is 0.315. The van der Waals surface area contributed by atoms with Crippen LogP contribution in [0, 0.1) is 5.92 Å². The zero-order chi connectivity index (χ0) is 11.8. The molecule has 1 saturated carbocycles. The highest BCUT2D eigenvalue weighted by Crippen LogP contribution is 2.30. The Kier molecular flexibility index (Phi) is 5.91. The first-order valence-corrected chi connectivity index (χ1v) is 6.30. The average molecular weight is 221 g/mol. The van der Waals surface area contributed by atoms with E-state index in [9.17, 15) is 4.79 Å². The van der Waals surface area contributed by atoms with Gasteiger partial charge in [-0.3, -0.25) is 4.79 Å². The molecular formula is C14H23NO. The summed E-state index contributed by atoms with van der Waals surface area (Å²) in [5.41, 5.74) is 0. The van der Waals surface area contributed by atoms with Gasteiger partial charge in [-0.1, -0.05) is 31.2 Å². The van der Waals surface area contributed by atoms with Crippen LogP contribution in [0.15, 0.2) is 24.3 Å². The number of unbranched alkanes of at least 4 members (excludes halogenated alkanes) is 1. The second-order valence-corrected chi connectivity index (χ2v) is 4.42. The fraction of sp³-hybridized carbons (Fsp3) is 0.643. The highest BCUT2D eigenvalue weighted by Gasteiger charge is 2.31. The number of hydrogen-bond acceptors (Lipinski definition) is 1. The molecule has 16 heavy (non-hydrogen) atoms. The summed E-state index contributed by atoms with van der Waals surface area (Å²) in [7, 11) is 1.89. The highest BCUT2D eigenvalue weighted by molar-refractivity contribution is 5.80. The summed E-state index contributed by atoms with van der Waals surface area (Å²) in [4.78, 5) is 13.4. The molecule has 0 radical (unpaired) electrons. The van der Waals surface area contributed by atoms with Crippen LogP contribution in [0.3, 0.4) is 0 Å². The maximum atomic E-state index is 11.6. The fourth-order valence-corrected chi connectivity index (χ4v) is 1.56. The van der Waals surface area contributed by atoms with E-state index in [4.69, 9.17) is 0 Å². The van der Waals surface area contributed by atoms with E-state index >= 15 is 0 Å². The molecule has 1 aliphatic rings. The highest BCUT2D eigenvalue weighted by atomic mass is 16.2. The number of carbonyl (C=O) groups excluding carboxylic acids is 1. The van der Waals surface area contributed by atoms with Gasteiger partial charge in [0.05, 0.1) is 0 Å². The van der Waals surface area contributed by atoms with Gasteiger partial charge >= 0.3 is 0 Å². The lowest BCUT2D eigenvalue weighted by atomic mass is 10.2. The SMILES string of the molecule is CCC=CCCC=CCN(C)C(=O)C1CC1. The molecule has 1 aliphatic carbocycles. The van der Waals surface area contributed by atoms with Gasteiger partial charge in [0.25, 0.3) is 0 Å². The van der Waals surface area contributed by atoms with Gasteiger partial charge in [0.1, 0.15) is 0 Å². The van der Waals surface area contributed by atoms with Crippen LogP contribution in [0.4, 0.5) is 0 Å². The smallest absolute Gasteiger partial charge is 0.225 e. The molecule has 0 heterocycles. The van der Waals surface area contributed by atoms with Crippen LogP contribution < -0.4 is 0 Å². The van der Waals surface area contributed by atoms with Gasteiger partial charge in [-0.2, -0.15) is 0 Å². The molecule has 90 valence electrons. The lowest BCUT2D eigenvalue weighted by Crippen LogP contribution is -2.27. The molecule has 0 aromatic heterocycles. The van der Waals surface area contributed by atoms with Gasteiger partial charge in [0, 0.05) is 19.5 Å². The van der Waals surface area contributed by atoms with Gasteiger partial charge in [0.2, 0.25) is 5.91 Å². The summed E-state index contributed by atoms with van der Waals surface area (Å²) in [5, 5.41) is 0. The van der Waals surface area contributed by atoms with Crippen molar-refractivity contribution in [1.29, 1.82) is 0 Å². The van der Waals surface area contributed by atoms with Crippen molar-refractivity contribution in [1.82, 2.24) is 4.90 Å². The summed E-state index contributed by atoms with van der Waals surface area (Å²) >= 11 is 0. The van der Waals surface area contributed by atoms with Crippen molar-refractivity contribution < 1.29 is 4.79 Å². The monoisotopic (exact) mass is 221 g/mol. The van der Waals surface area contributed by atoms with Gasteiger partial charge in [-0.25, -0.2) is 0 Å². The first kappa shape index (κ1) is 13.0. The molecule has 0 aromatic rings. The Bertz CT molecular complexity index is 264. The van der Waals surface area contributed by atoms with E-state index in [0.717, 1.165) is 38.6 Å². The number of allylic oxidation sites excluding steroid dienone is 3. The molecule has 2 nitrogen and oxygen atoms in total. The summed E-state index contributed by atoms with van der Waals surface area (Å²) in [5.74, 6) is 0.654. The number of hydrogen-bond donors (Lipinski definition) is 0. The maximum absolute atomic E-state index is 11.6. The van der Waals surface area contributed by atoms with Crippen molar-refractivity contribution in [3.8, 4) is 0 Å². The van der Waals surface area contributed by atoms with Gasteiger partial charge in [-0.05, 0) is 32.1 Å². The predicted molar refractivity (Wildman–Crippen MR) is 68.2 cm³/mol. The summed E-state index contributed by atoms with van der Waals surface area (Å²) in [6, 6.07) is 0. The van der Waals surface area contributed by atoms with E-state index in [1.165, 1.54) is 0 Å². The van der Waals surface area contributed by atoms with Crippen molar-refractivity contribution in [3.63, 3.8) is 0 Å². The van der Waals surface area contributed by atoms with Crippen LogP contribution in [0.5, 0.6) is 0 Å². The molecule has 1 fully saturated rings. The van der Waals surface area contributed by atoms with Crippen LogP contribution in [0.2, 0.25) is 0 Å². The van der Waals surface area contributed by atoms with Crippen molar-refractivity contribution in [2.45, 2.75) is 39.0 Å².